The Hall–Kier alpha value is -1.56. The van der Waals surface area contributed by atoms with E-state index in [0.717, 1.165) is 6.54 Å². The van der Waals surface area contributed by atoms with Crippen molar-refractivity contribution in [1.82, 2.24) is 9.78 Å². The molecule has 0 bridgehead atoms. The first-order valence-electron chi connectivity index (χ1n) is 6.82. The molecule has 7 heteroatoms. The SMILES string of the molecule is CC(C)Cn1cc(NC(=O)C(O)c2cc(Cl)cc(Cl)c2)cn1. The van der Waals surface area contributed by atoms with Crippen LogP contribution in [0.3, 0.4) is 0 Å². The van der Waals surface area contributed by atoms with Gasteiger partial charge in [0.1, 0.15) is 0 Å². The molecular formula is C15H17Cl2N3O2. The molecule has 0 aliphatic heterocycles. The molecule has 0 saturated carbocycles. The lowest BCUT2D eigenvalue weighted by atomic mass is 10.1. The van der Waals surface area contributed by atoms with Crippen LogP contribution in [-0.2, 0) is 11.3 Å². The van der Waals surface area contributed by atoms with Gasteiger partial charge < -0.3 is 10.4 Å². The average molecular weight is 342 g/mol. The first kappa shape index (κ1) is 16.8. The highest BCUT2D eigenvalue weighted by molar-refractivity contribution is 6.34. The summed E-state index contributed by atoms with van der Waals surface area (Å²) in [6.07, 6.45) is 1.90. The van der Waals surface area contributed by atoms with Gasteiger partial charge in [-0.05, 0) is 29.7 Å². The van der Waals surface area contributed by atoms with Crippen molar-refractivity contribution in [3.05, 3.63) is 46.2 Å². The maximum absolute atomic E-state index is 12.1. The molecule has 1 amide bonds. The van der Waals surface area contributed by atoms with E-state index < -0.39 is 12.0 Å². The third-order valence-electron chi connectivity index (χ3n) is 2.90. The minimum Gasteiger partial charge on any atom is -0.378 e. The van der Waals surface area contributed by atoms with Crippen LogP contribution in [0.4, 0.5) is 5.69 Å². The quantitative estimate of drug-likeness (QED) is 0.874. The van der Waals surface area contributed by atoms with Crippen molar-refractivity contribution >= 4 is 34.8 Å². The number of aromatic nitrogens is 2. The fourth-order valence-corrected chi connectivity index (χ4v) is 2.54. The molecule has 2 N–H and O–H groups in total. The number of rotatable bonds is 5. The van der Waals surface area contributed by atoms with Crippen LogP contribution in [0, 0.1) is 5.92 Å². The minimum absolute atomic E-state index is 0.338. The average Bonchev–Trinajstić information content (AvgIpc) is 2.82. The van der Waals surface area contributed by atoms with E-state index in [1.165, 1.54) is 24.4 Å². The van der Waals surface area contributed by atoms with Crippen LogP contribution < -0.4 is 5.32 Å². The van der Waals surface area contributed by atoms with Crippen LogP contribution in [-0.4, -0.2) is 20.8 Å². The van der Waals surface area contributed by atoms with Crippen molar-refractivity contribution in [2.75, 3.05) is 5.32 Å². The lowest BCUT2D eigenvalue weighted by Gasteiger charge is -2.11. The number of benzene rings is 1. The predicted octanol–water partition coefficient (Wildman–Crippen LogP) is 3.52. The highest BCUT2D eigenvalue weighted by Crippen LogP contribution is 2.24. The van der Waals surface area contributed by atoms with Gasteiger partial charge in [0, 0.05) is 22.8 Å². The molecule has 22 heavy (non-hydrogen) atoms. The van der Waals surface area contributed by atoms with Crippen molar-refractivity contribution in [2.45, 2.75) is 26.5 Å². The van der Waals surface area contributed by atoms with Crippen molar-refractivity contribution in [3.8, 4) is 0 Å². The topological polar surface area (TPSA) is 67.2 Å². The second kappa shape index (κ2) is 7.13. The second-order valence-corrected chi connectivity index (χ2v) is 6.31. The number of carbonyl (C=O) groups is 1. The third kappa shape index (κ3) is 4.47. The lowest BCUT2D eigenvalue weighted by molar-refractivity contribution is -0.124. The Labute approximate surface area is 138 Å². The van der Waals surface area contributed by atoms with Crippen LogP contribution in [0.15, 0.2) is 30.6 Å². The number of amides is 1. The molecule has 2 aromatic rings. The molecule has 0 saturated heterocycles. The smallest absolute Gasteiger partial charge is 0.257 e. The summed E-state index contributed by atoms with van der Waals surface area (Å²) in [4.78, 5) is 12.1. The Balaban J connectivity index is 2.06. The van der Waals surface area contributed by atoms with Crippen molar-refractivity contribution < 1.29 is 9.90 Å². The molecule has 2 rings (SSSR count). The summed E-state index contributed by atoms with van der Waals surface area (Å²) in [6.45, 7) is 4.90. The fourth-order valence-electron chi connectivity index (χ4n) is 2.00. The van der Waals surface area contributed by atoms with Gasteiger partial charge in [0.05, 0.1) is 11.9 Å². The number of hydrogen-bond donors (Lipinski definition) is 2. The Morgan fingerprint density at radius 2 is 1.95 bits per heavy atom. The molecular weight excluding hydrogens is 325 g/mol. The van der Waals surface area contributed by atoms with Crippen molar-refractivity contribution in [1.29, 1.82) is 0 Å². The van der Waals surface area contributed by atoms with Gasteiger partial charge in [-0.2, -0.15) is 5.10 Å². The van der Waals surface area contributed by atoms with Gasteiger partial charge in [-0.3, -0.25) is 9.48 Å². The summed E-state index contributed by atoms with van der Waals surface area (Å²) in [6, 6.07) is 4.53. The van der Waals surface area contributed by atoms with Crippen molar-refractivity contribution in [2.24, 2.45) is 5.92 Å². The molecule has 0 spiro atoms. The highest BCUT2D eigenvalue weighted by Gasteiger charge is 2.19. The van der Waals surface area contributed by atoms with Gasteiger partial charge in [-0.1, -0.05) is 37.0 Å². The predicted molar refractivity (Wildman–Crippen MR) is 87.1 cm³/mol. The Morgan fingerprint density at radius 3 is 2.55 bits per heavy atom. The Kier molecular flexibility index (Phi) is 5.45. The summed E-state index contributed by atoms with van der Waals surface area (Å²) in [5.41, 5.74) is 0.863. The highest BCUT2D eigenvalue weighted by atomic mass is 35.5. The maximum atomic E-state index is 12.1. The van der Waals surface area contributed by atoms with E-state index in [-0.39, 0.29) is 0 Å². The zero-order valence-electron chi connectivity index (χ0n) is 12.3. The number of anilines is 1. The Bertz CT molecular complexity index is 650. The van der Waals surface area contributed by atoms with E-state index in [1.54, 1.807) is 10.9 Å². The number of halogens is 2. The zero-order valence-corrected chi connectivity index (χ0v) is 13.8. The number of aliphatic hydroxyl groups is 1. The van der Waals surface area contributed by atoms with Gasteiger partial charge in [0.25, 0.3) is 5.91 Å². The zero-order chi connectivity index (χ0) is 16.3. The monoisotopic (exact) mass is 341 g/mol. The summed E-state index contributed by atoms with van der Waals surface area (Å²) >= 11 is 11.7. The van der Waals surface area contributed by atoms with Crippen LogP contribution >= 0.6 is 23.2 Å². The lowest BCUT2D eigenvalue weighted by Crippen LogP contribution is -2.20. The van der Waals surface area contributed by atoms with Gasteiger partial charge in [0.2, 0.25) is 0 Å². The molecule has 1 unspecified atom stereocenters. The number of aliphatic hydroxyl groups excluding tert-OH is 1. The van der Waals surface area contributed by atoms with Gasteiger partial charge in [0.15, 0.2) is 6.10 Å². The van der Waals surface area contributed by atoms with Gasteiger partial charge >= 0.3 is 0 Å². The summed E-state index contributed by atoms with van der Waals surface area (Å²) in [5.74, 6) is -0.120. The second-order valence-electron chi connectivity index (χ2n) is 5.44. The number of nitrogens with one attached hydrogen (secondary N) is 1. The van der Waals surface area contributed by atoms with E-state index in [1.807, 2.05) is 0 Å². The van der Waals surface area contributed by atoms with Gasteiger partial charge in [-0.15, -0.1) is 0 Å². The van der Waals surface area contributed by atoms with E-state index in [2.05, 4.69) is 24.3 Å². The third-order valence-corrected chi connectivity index (χ3v) is 3.34. The number of hydrogen-bond acceptors (Lipinski definition) is 3. The molecule has 1 aromatic carbocycles. The van der Waals surface area contributed by atoms with Crippen LogP contribution in [0.2, 0.25) is 10.0 Å². The summed E-state index contributed by atoms with van der Waals surface area (Å²) < 4.78 is 1.74. The molecule has 1 atom stereocenters. The number of nitrogens with zero attached hydrogens (tertiary/aromatic N) is 2. The molecule has 118 valence electrons. The van der Waals surface area contributed by atoms with Crippen LogP contribution in [0.1, 0.15) is 25.5 Å². The first-order valence-corrected chi connectivity index (χ1v) is 7.58. The standard InChI is InChI=1S/C15H17Cl2N3O2/c1-9(2)7-20-8-13(6-18-20)19-15(22)14(21)10-3-11(16)5-12(17)4-10/h3-6,8-9,14,21H,7H2,1-2H3,(H,19,22). The van der Waals surface area contributed by atoms with E-state index in [9.17, 15) is 9.90 Å². The van der Waals surface area contributed by atoms with Gasteiger partial charge in [-0.25, -0.2) is 0 Å². The molecule has 0 radical (unpaired) electrons. The molecule has 0 aliphatic carbocycles. The molecule has 0 fully saturated rings. The minimum atomic E-state index is -1.36. The summed E-state index contributed by atoms with van der Waals surface area (Å²) in [5, 5.41) is 17.6. The molecule has 5 nitrogen and oxygen atoms in total. The van der Waals surface area contributed by atoms with E-state index in [0.29, 0.717) is 27.2 Å². The first-order chi connectivity index (χ1) is 10.3. The Morgan fingerprint density at radius 1 is 1.32 bits per heavy atom. The van der Waals surface area contributed by atoms with E-state index >= 15 is 0 Å². The summed E-state index contributed by atoms with van der Waals surface area (Å²) in [7, 11) is 0. The molecule has 1 aromatic heterocycles. The largest absolute Gasteiger partial charge is 0.378 e. The normalized spacial score (nSPS) is 12.5. The van der Waals surface area contributed by atoms with Crippen LogP contribution in [0.25, 0.3) is 0 Å². The molecule has 0 aliphatic rings. The van der Waals surface area contributed by atoms with E-state index in [4.69, 9.17) is 23.2 Å². The fraction of sp³-hybridized carbons (Fsp3) is 0.333. The van der Waals surface area contributed by atoms with Crippen molar-refractivity contribution in [3.63, 3.8) is 0 Å². The molecule has 1 heterocycles. The van der Waals surface area contributed by atoms with Crippen LogP contribution in [0.5, 0.6) is 0 Å². The number of carbonyl (C=O) groups excluding carboxylic acids is 1. The maximum Gasteiger partial charge on any atom is 0.257 e.